The molecular formula is C38H43N3O5. The first-order valence-corrected chi connectivity index (χ1v) is 16.5. The molecule has 2 N–H and O–H groups in total. The van der Waals surface area contributed by atoms with Crippen LogP contribution in [0.4, 0.5) is 0 Å². The molecule has 0 unspecified atom stereocenters. The van der Waals surface area contributed by atoms with Crippen LogP contribution in [0.25, 0.3) is 0 Å². The Kier molecular flexibility index (Phi) is 9.24. The van der Waals surface area contributed by atoms with E-state index in [-0.39, 0.29) is 30.8 Å². The van der Waals surface area contributed by atoms with Gasteiger partial charge in [0.05, 0.1) is 12.5 Å². The number of nitrogens with one attached hydrogen (secondary N) is 1. The number of carboxylic acid groups (broad SMARTS) is 1. The van der Waals surface area contributed by atoms with E-state index in [4.69, 9.17) is 14.8 Å². The van der Waals surface area contributed by atoms with Crippen molar-refractivity contribution in [2.45, 2.75) is 77.1 Å². The third kappa shape index (κ3) is 6.86. The van der Waals surface area contributed by atoms with Crippen molar-refractivity contribution >= 4 is 23.5 Å². The van der Waals surface area contributed by atoms with E-state index in [1.54, 1.807) is 12.1 Å². The Labute approximate surface area is 270 Å². The van der Waals surface area contributed by atoms with E-state index >= 15 is 0 Å². The molecule has 3 aromatic carbocycles. The van der Waals surface area contributed by atoms with Crippen LogP contribution >= 0.6 is 0 Å². The number of carbonyl (C=O) groups excluding carboxylic acids is 2. The molecule has 1 spiro atoms. The number of aliphatic carboxylic acids is 1. The molecule has 2 amide bonds. The molecule has 0 bridgehead atoms. The lowest BCUT2D eigenvalue weighted by atomic mass is 9.76. The highest BCUT2D eigenvalue weighted by molar-refractivity contribution is 6.46. The molecule has 46 heavy (non-hydrogen) atoms. The minimum Gasteiger partial charge on any atom is -0.489 e. The predicted octanol–water partition coefficient (Wildman–Crippen LogP) is 6.80. The summed E-state index contributed by atoms with van der Waals surface area (Å²) in [6.45, 7) is 5.11. The Bertz CT molecular complexity index is 1570. The van der Waals surface area contributed by atoms with Gasteiger partial charge in [-0.2, -0.15) is 0 Å². The topological polar surface area (TPSA) is 108 Å². The minimum atomic E-state index is -0.955. The van der Waals surface area contributed by atoms with E-state index in [0.717, 1.165) is 61.0 Å². The van der Waals surface area contributed by atoms with Gasteiger partial charge in [0, 0.05) is 17.7 Å². The lowest BCUT2D eigenvalue weighted by molar-refractivity contribution is -0.137. The lowest BCUT2D eigenvalue weighted by Gasteiger charge is -2.46. The highest BCUT2D eigenvalue weighted by atomic mass is 16.5. The average Bonchev–Trinajstić information content (AvgIpc) is 3.87. The number of aliphatic imine (C=N–C) groups is 1. The van der Waals surface area contributed by atoms with Gasteiger partial charge in [-0.15, -0.1) is 0 Å². The Morgan fingerprint density at radius 3 is 2.22 bits per heavy atom. The van der Waals surface area contributed by atoms with Gasteiger partial charge in [-0.3, -0.25) is 19.4 Å². The largest absolute Gasteiger partial charge is 0.489 e. The molecule has 8 nitrogen and oxygen atoms in total. The molecule has 3 aliphatic rings. The molecule has 1 heterocycles. The quantitative estimate of drug-likeness (QED) is 0.231. The molecule has 2 fully saturated rings. The zero-order chi connectivity index (χ0) is 32.3. The number of benzene rings is 3. The molecule has 1 atom stereocenters. The van der Waals surface area contributed by atoms with E-state index in [1.807, 2.05) is 66.7 Å². The average molecular weight is 622 g/mol. The first kappa shape index (κ1) is 31.5. The number of rotatable bonds is 12. The summed E-state index contributed by atoms with van der Waals surface area (Å²) in [4.78, 5) is 45.4. The fourth-order valence-electron chi connectivity index (χ4n) is 7.02. The zero-order valence-corrected chi connectivity index (χ0v) is 26.7. The molecule has 0 aromatic heterocycles. The van der Waals surface area contributed by atoms with Crippen molar-refractivity contribution in [1.29, 1.82) is 0 Å². The first-order valence-electron chi connectivity index (χ1n) is 16.5. The zero-order valence-electron chi connectivity index (χ0n) is 26.7. The summed E-state index contributed by atoms with van der Waals surface area (Å²) < 4.78 is 6.01. The number of hydrogen-bond acceptors (Lipinski definition) is 5. The minimum absolute atomic E-state index is 0.0339. The van der Waals surface area contributed by atoms with Gasteiger partial charge in [-0.05, 0) is 104 Å². The molecule has 6 rings (SSSR count). The van der Waals surface area contributed by atoms with Crippen molar-refractivity contribution in [1.82, 2.24) is 10.2 Å². The van der Waals surface area contributed by atoms with Gasteiger partial charge in [0.15, 0.2) is 0 Å². The molecule has 240 valence electrons. The molecule has 2 aliphatic carbocycles. The smallest absolute Gasteiger partial charge is 0.305 e. The maximum absolute atomic E-state index is 14.5. The third-order valence-corrected chi connectivity index (χ3v) is 9.83. The normalized spacial score (nSPS) is 21.7. The molecule has 0 radical (unpaired) electrons. The second-order valence-electron chi connectivity index (χ2n) is 13.3. The van der Waals surface area contributed by atoms with E-state index in [9.17, 15) is 14.4 Å². The summed E-state index contributed by atoms with van der Waals surface area (Å²) in [6, 6.07) is 25.1. The maximum Gasteiger partial charge on any atom is 0.305 e. The van der Waals surface area contributed by atoms with Gasteiger partial charge in [0.1, 0.15) is 23.7 Å². The summed E-state index contributed by atoms with van der Waals surface area (Å²) in [5.74, 6) is 0.979. The number of carboxylic acids is 1. The summed E-state index contributed by atoms with van der Waals surface area (Å²) in [6.07, 6.45) is 5.66. The highest BCUT2D eigenvalue weighted by Gasteiger charge is 2.54. The monoisotopic (exact) mass is 621 g/mol. The predicted molar refractivity (Wildman–Crippen MR) is 177 cm³/mol. The van der Waals surface area contributed by atoms with Crippen LogP contribution in [-0.2, 0) is 16.2 Å². The van der Waals surface area contributed by atoms with Gasteiger partial charge in [0.2, 0.25) is 0 Å². The number of nitrogens with zero attached hydrogens (tertiary/aromatic N) is 2. The van der Waals surface area contributed by atoms with Gasteiger partial charge >= 0.3 is 5.97 Å². The lowest BCUT2D eigenvalue weighted by Crippen LogP contribution is -2.51. The van der Waals surface area contributed by atoms with Crippen molar-refractivity contribution in [2.24, 2.45) is 22.7 Å². The summed E-state index contributed by atoms with van der Waals surface area (Å²) in [5.41, 5.74) is 3.28. The van der Waals surface area contributed by atoms with Crippen LogP contribution in [-0.4, -0.2) is 45.7 Å². The van der Waals surface area contributed by atoms with Gasteiger partial charge in [-0.25, -0.2) is 0 Å². The summed E-state index contributed by atoms with van der Waals surface area (Å²) in [7, 11) is 0. The molecule has 2 saturated carbocycles. The van der Waals surface area contributed by atoms with Crippen LogP contribution in [0.15, 0.2) is 83.9 Å². The van der Waals surface area contributed by atoms with Gasteiger partial charge in [0.25, 0.3) is 11.8 Å². The Morgan fingerprint density at radius 1 is 0.935 bits per heavy atom. The Balaban J connectivity index is 1.26. The highest BCUT2D eigenvalue weighted by Crippen LogP contribution is 2.53. The number of hydrogen-bond donors (Lipinski definition) is 2. The van der Waals surface area contributed by atoms with Crippen molar-refractivity contribution < 1.29 is 24.2 Å². The van der Waals surface area contributed by atoms with Crippen molar-refractivity contribution in [3.8, 4) is 5.75 Å². The van der Waals surface area contributed by atoms with E-state index < -0.39 is 11.6 Å². The number of amides is 2. The van der Waals surface area contributed by atoms with Crippen LogP contribution in [0.5, 0.6) is 5.75 Å². The molecule has 1 aliphatic heterocycles. The summed E-state index contributed by atoms with van der Waals surface area (Å²) >= 11 is 0. The van der Waals surface area contributed by atoms with E-state index in [1.165, 1.54) is 0 Å². The van der Waals surface area contributed by atoms with Crippen LogP contribution in [0.3, 0.4) is 0 Å². The Hall–Kier alpha value is -4.46. The SMILES string of the molecule is CC(C)C1CCC2(CC1)N=C(c1ccc(OCc3ccccc3)cc1)C(=O)N2[C@@H](c1ccc(C(=O)NCCC(=O)O)cc1)C1CC1. The fraction of sp³-hybridized carbons (Fsp3) is 0.421. The van der Waals surface area contributed by atoms with Crippen LogP contribution in [0.2, 0.25) is 0 Å². The van der Waals surface area contributed by atoms with Crippen molar-refractivity contribution in [3.05, 3.63) is 101 Å². The van der Waals surface area contributed by atoms with E-state index in [0.29, 0.717) is 35.6 Å². The van der Waals surface area contributed by atoms with Gasteiger partial charge < -0.3 is 20.1 Å². The van der Waals surface area contributed by atoms with Crippen molar-refractivity contribution in [3.63, 3.8) is 0 Å². The maximum atomic E-state index is 14.5. The molecule has 0 saturated heterocycles. The summed E-state index contributed by atoms with van der Waals surface area (Å²) in [5, 5.41) is 11.6. The fourth-order valence-corrected chi connectivity index (χ4v) is 7.02. The number of carbonyl (C=O) groups is 3. The van der Waals surface area contributed by atoms with Gasteiger partial charge in [-0.1, -0.05) is 56.3 Å². The van der Waals surface area contributed by atoms with Crippen molar-refractivity contribution in [2.75, 3.05) is 6.54 Å². The second kappa shape index (κ2) is 13.5. The first-order chi connectivity index (χ1) is 22.2. The van der Waals surface area contributed by atoms with Crippen LogP contribution in [0, 0.1) is 17.8 Å². The molecule has 3 aromatic rings. The third-order valence-electron chi connectivity index (χ3n) is 9.83. The van der Waals surface area contributed by atoms with Crippen LogP contribution in [0.1, 0.15) is 91.9 Å². The molecule has 8 heteroatoms. The standard InChI is InChI=1S/C38H43N3O5/c1-25(2)27-18-21-38(22-19-27)40-34(28-14-16-32(17-15-28)46-24-26-6-4-3-5-7-26)37(45)41(38)35(29-8-9-29)30-10-12-31(13-11-30)36(44)39-23-20-33(42)43/h3-7,10-17,25,27,29,35H,8-9,18-24H2,1-2H3,(H,39,44)(H,42,43)/t27?,35-,38?/m1/s1. The molecular weight excluding hydrogens is 578 g/mol. The van der Waals surface area contributed by atoms with Crippen LogP contribution < -0.4 is 10.1 Å². The van der Waals surface area contributed by atoms with E-state index in [2.05, 4.69) is 24.1 Å². The number of ether oxygens (including phenoxy) is 1. The second-order valence-corrected chi connectivity index (χ2v) is 13.3. The Morgan fingerprint density at radius 2 is 1.61 bits per heavy atom.